The van der Waals surface area contributed by atoms with E-state index in [1.54, 1.807) is 0 Å². The second kappa shape index (κ2) is 9.82. The van der Waals surface area contributed by atoms with Crippen LogP contribution in [0.2, 0.25) is 0 Å². The number of allylic oxidation sites excluding steroid dienone is 1. The number of hydrogen-bond acceptors (Lipinski definition) is 1. The van der Waals surface area contributed by atoms with Crippen LogP contribution in [0, 0.1) is 23.7 Å². The second-order valence-corrected chi connectivity index (χ2v) is 2.22. The minimum atomic E-state index is -0.0713. The molecule has 64 valence electrons. The van der Waals surface area contributed by atoms with Crippen LogP contribution in [-0.4, -0.2) is 11.7 Å². The molecular formula is C11H14O. The molecule has 0 aromatic heterocycles. The van der Waals surface area contributed by atoms with Gasteiger partial charge in [-0.1, -0.05) is 23.8 Å². The van der Waals surface area contributed by atoms with Gasteiger partial charge in [-0.2, -0.15) is 0 Å². The Morgan fingerprint density at radius 3 is 2.58 bits per heavy atom. The molecule has 0 amide bonds. The lowest BCUT2D eigenvalue weighted by molar-refractivity contribution is 0.350. The highest BCUT2D eigenvalue weighted by atomic mass is 16.2. The first-order chi connectivity index (χ1) is 5.91. The summed E-state index contributed by atoms with van der Waals surface area (Å²) in [6.45, 7) is 3.55. The molecular weight excluding hydrogens is 148 g/mol. The predicted molar refractivity (Wildman–Crippen MR) is 51.3 cm³/mol. The quantitative estimate of drug-likeness (QED) is 0.380. The van der Waals surface area contributed by atoms with Gasteiger partial charge in [-0.05, 0) is 12.8 Å². The first-order valence-electron chi connectivity index (χ1n) is 4.05. The van der Waals surface area contributed by atoms with E-state index in [4.69, 9.17) is 5.11 Å². The zero-order valence-corrected chi connectivity index (χ0v) is 7.27. The van der Waals surface area contributed by atoms with Gasteiger partial charge >= 0.3 is 0 Å². The molecule has 0 fully saturated rings. The minimum absolute atomic E-state index is 0.0713. The van der Waals surface area contributed by atoms with Crippen molar-refractivity contribution >= 4 is 0 Å². The normalized spacial score (nSPS) is 7.42. The van der Waals surface area contributed by atoms with E-state index in [0.717, 1.165) is 19.3 Å². The molecule has 0 saturated heterocycles. The number of aliphatic hydroxyl groups excluding tert-OH is 1. The van der Waals surface area contributed by atoms with Crippen molar-refractivity contribution in [3.63, 3.8) is 0 Å². The monoisotopic (exact) mass is 162 g/mol. The Labute approximate surface area is 74.5 Å². The predicted octanol–water partition coefficient (Wildman–Crippen LogP) is 1.73. The number of unbranched alkanes of at least 4 members (excludes halogenated alkanes) is 2. The van der Waals surface area contributed by atoms with Gasteiger partial charge in [0, 0.05) is 6.42 Å². The maximum absolute atomic E-state index is 8.31. The Bertz CT molecular complexity index is 219. The fraction of sp³-hybridized carbons (Fsp3) is 0.455. The van der Waals surface area contributed by atoms with E-state index in [1.165, 1.54) is 0 Å². The van der Waals surface area contributed by atoms with Gasteiger partial charge in [-0.15, -0.1) is 12.5 Å². The molecule has 1 nitrogen and oxygen atoms in total. The summed E-state index contributed by atoms with van der Waals surface area (Å²) in [4.78, 5) is 0. The molecule has 0 atom stereocenters. The summed E-state index contributed by atoms with van der Waals surface area (Å²) in [6.07, 6.45) is 5.47. The molecule has 0 aliphatic carbocycles. The topological polar surface area (TPSA) is 20.2 Å². The van der Waals surface area contributed by atoms with Crippen LogP contribution in [0.1, 0.15) is 25.7 Å². The first kappa shape index (κ1) is 10.8. The third kappa shape index (κ3) is 8.82. The van der Waals surface area contributed by atoms with Crippen molar-refractivity contribution < 1.29 is 5.11 Å². The van der Waals surface area contributed by atoms with Crippen LogP contribution in [0.15, 0.2) is 12.7 Å². The second-order valence-electron chi connectivity index (χ2n) is 2.22. The third-order valence-electron chi connectivity index (χ3n) is 1.22. The lowest BCUT2D eigenvalue weighted by atomic mass is 10.2. The molecule has 0 heterocycles. The van der Waals surface area contributed by atoms with E-state index in [9.17, 15) is 0 Å². The van der Waals surface area contributed by atoms with Crippen LogP contribution in [-0.2, 0) is 0 Å². The Morgan fingerprint density at radius 2 is 1.92 bits per heavy atom. The summed E-state index contributed by atoms with van der Waals surface area (Å²) in [5.41, 5.74) is 0. The van der Waals surface area contributed by atoms with E-state index in [-0.39, 0.29) is 6.61 Å². The Morgan fingerprint density at radius 1 is 1.17 bits per heavy atom. The van der Waals surface area contributed by atoms with Crippen molar-refractivity contribution in [2.75, 3.05) is 6.61 Å². The van der Waals surface area contributed by atoms with Crippen LogP contribution < -0.4 is 0 Å². The molecule has 0 saturated carbocycles. The standard InChI is InChI=1S/C11H14O/c1-2-3-4-5-6-7-8-9-10-11-12/h2,12H,1,3-5,8,11H2. The lowest BCUT2D eigenvalue weighted by Crippen LogP contribution is -1.71. The molecule has 0 bridgehead atoms. The Balaban J connectivity index is 3.28. The molecule has 0 spiro atoms. The largest absolute Gasteiger partial charge is 0.384 e. The van der Waals surface area contributed by atoms with E-state index in [1.807, 2.05) is 6.08 Å². The smallest absolute Gasteiger partial charge is 0.104 e. The summed E-state index contributed by atoms with van der Waals surface area (Å²) < 4.78 is 0. The highest BCUT2D eigenvalue weighted by Crippen LogP contribution is 1.92. The van der Waals surface area contributed by atoms with Gasteiger partial charge in [0.25, 0.3) is 0 Å². The third-order valence-corrected chi connectivity index (χ3v) is 1.22. The first-order valence-corrected chi connectivity index (χ1v) is 4.05. The highest BCUT2D eigenvalue weighted by Gasteiger charge is 1.76. The molecule has 1 heteroatoms. The number of hydrogen-bond donors (Lipinski definition) is 1. The van der Waals surface area contributed by atoms with Gasteiger partial charge in [0.05, 0.1) is 6.42 Å². The van der Waals surface area contributed by atoms with Gasteiger partial charge < -0.3 is 5.11 Å². The summed E-state index contributed by atoms with van der Waals surface area (Å²) in [5, 5.41) is 8.31. The van der Waals surface area contributed by atoms with Gasteiger partial charge in [0.15, 0.2) is 0 Å². The average molecular weight is 162 g/mol. The van der Waals surface area contributed by atoms with Gasteiger partial charge in [-0.3, -0.25) is 0 Å². The fourth-order valence-corrected chi connectivity index (χ4v) is 0.648. The highest BCUT2D eigenvalue weighted by molar-refractivity contribution is 5.11. The van der Waals surface area contributed by atoms with Crippen LogP contribution in [0.25, 0.3) is 0 Å². The molecule has 0 aliphatic heterocycles. The van der Waals surface area contributed by atoms with Gasteiger partial charge in [-0.25, -0.2) is 0 Å². The zero-order chi connectivity index (χ0) is 9.07. The summed E-state index contributed by atoms with van der Waals surface area (Å²) in [6, 6.07) is 0. The molecule has 0 unspecified atom stereocenters. The van der Waals surface area contributed by atoms with Crippen molar-refractivity contribution in [2.45, 2.75) is 25.7 Å². The molecule has 0 rings (SSSR count). The molecule has 12 heavy (non-hydrogen) atoms. The molecule has 0 radical (unpaired) electrons. The minimum Gasteiger partial charge on any atom is -0.384 e. The van der Waals surface area contributed by atoms with E-state index in [2.05, 4.69) is 30.3 Å². The van der Waals surface area contributed by atoms with Crippen LogP contribution in [0.3, 0.4) is 0 Å². The maximum atomic E-state index is 8.31. The molecule has 0 aromatic carbocycles. The van der Waals surface area contributed by atoms with Gasteiger partial charge in [0.1, 0.15) is 6.61 Å². The van der Waals surface area contributed by atoms with Crippen molar-refractivity contribution in [3.05, 3.63) is 12.7 Å². The van der Waals surface area contributed by atoms with E-state index < -0.39 is 0 Å². The van der Waals surface area contributed by atoms with Gasteiger partial charge in [0.2, 0.25) is 0 Å². The number of aliphatic hydroxyl groups is 1. The van der Waals surface area contributed by atoms with Crippen molar-refractivity contribution in [1.82, 2.24) is 0 Å². The summed E-state index contributed by atoms with van der Waals surface area (Å²) >= 11 is 0. The molecule has 0 aromatic rings. The average Bonchev–Trinajstić information content (AvgIpc) is 2.10. The van der Waals surface area contributed by atoms with Crippen LogP contribution in [0.4, 0.5) is 0 Å². The zero-order valence-electron chi connectivity index (χ0n) is 7.27. The molecule has 0 aliphatic rings. The summed E-state index contributed by atoms with van der Waals surface area (Å²) in [7, 11) is 0. The van der Waals surface area contributed by atoms with Crippen LogP contribution in [0.5, 0.6) is 0 Å². The van der Waals surface area contributed by atoms with E-state index >= 15 is 0 Å². The lowest BCUT2D eigenvalue weighted by Gasteiger charge is -1.83. The number of rotatable bonds is 3. The van der Waals surface area contributed by atoms with Crippen molar-refractivity contribution in [1.29, 1.82) is 0 Å². The van der Waals surface area contributed by atoms with Crippen LogP contribution >= 0.6 is 0 Å². The van der Waals surface area contributed by atoms with Crippen molar-refractivity contribution in [2.24, 2.45) is 0 Å². The molecule has 1 N–H and O–H groups in total. The van der Waals surface area contributed by atoms with E-state index in [0.29, 0.717) is 6.42 Å². The summed E-state index contributed by atoms with van der Waals surface area (Å²) in [5.74, 6) is 11.2. The SMILES string of the molecule is C=CCCCC#CCC#CCO. The maximum Gasteiger partial charge on any atom is 0.104 e. The Kier molecular flexibility index (Phi) is 8.85. The fourth-order valence-electron chi connectivity index (χ4n) is 0.648. The Hall–Kier alpha value is -1.18. The van der Waals surface area contributed by atoms with Crippen molar-refractivity contribution in [3.8, 4) is 23.7 Å².